The topological polar surface area (TPSA) is 43.4 Å². The molecule has 0 aliphatic rings. The molecule has 0 N–H and O–H groups in total. The fourth-order valence-corrected chi connectivity index (χ4v) is 10.3. The summed E-state index contributed by atoms with van der Waals surface area (Å²) in [7, 11) is -6.46. The summed E-state index contributed by atoms with van der Waals surface area (Å²) in [6, 6.07) is 27.9. The largest absolute Gasteiger partial charge is 0.325 e. The van der Waals surface area contributed by atoms with Crippen LogP contribution >= 0.6 is 14.5 Å². The lowest BCUT2D eigenvalue weighted by atomic mass is 10.4. The molecule has 0 bridgehead atoms. The molecule has 1 atom stereocenters. The van der Waals surface area contributed by atoms with Gasteiger partial charge in [-0.3, -0.25) is 4.57 Å². The molecule has 0 aliphatic heterocycles. The van der Waals surface area contributed by atoms with E-state index in [9.17, 15) is 9.13 Å². The Bertz CT molecular complexity index is 913. The Morgan fingerprint density at radius 1 is 0.679 bits per heavy atom. The molecule has 0 spiro atoms. The fraction of sp³-hybridized carbons (Fsp3) is 0.217. The lowest BCUT2D eigenvalue weighted by Crippen LogP contribution is -2.22. The Kier molecular flexibility index (Phi) is 7.08. The van der Waals surface area contributed by atoms with E-state index in [-0.39, 0.29) is 5.90 Å². The summed E-state index contributed by atoms with van der Waals surface area (Å²) in [5, 5.41) is 2.03. The lowest BCUT2D eigenvalue weighted by Gasteiger charge is -2.26. The molecule has 3 nitrogen and oxygen atoms in total. The van der Waals surface area contributed by atoms with Crippen molar-refractivity contribution in [2.24, 2.45) is 0 Å². The van der Waals surface area contributed by atoms with Crippen LogP contribution in [0.1, 0.15) is 19.8 Å². The van der Waals surface area contributed by atoms with Crippen LogP contribution in [-0.4, -0.2) is 12.5 Å². The van der Waals surface area contributed by atoms with Crippen molar-refractivity contribution in [3.8, 4) is 0 Å². The molecule has 0 aliphatic carbocycles. The normalized spacial score (nSPS) is 13.8. The first-order valence-corrected chi connectivity index (χ1v) is 13.3. The van der Waals surface area contributed by atoms with E-state index in [4.69, 9.17) is 4.52 Å². The molecule has 5 heteroatoms. The van der Waals surface area contributed by atoms with Gasteiger partial charge in [0.1, 0.15) is 0 Å². The van der Waals surface area contributed by atoms with Gasteiger partial charge < -0.3 is 9.09 Å². The van der Waals surface area contributed by atoms with Crippen LogP contribution < -0.4 is 15.9 Å². The quantitative estimate of drug-likeness (QED) is 0.350. The summed E-state index contributed by atoms with van der Waals surface area (Å²) in [4.78, 5) is 0. The molecule has 0 heterocycles. The Morgan fingerprint density at radius 3 is 1.54 bits per heavy atom. The van der Waals surface area contributed by atoms with Crippen LogP contribution in [0.2, 0.25) is 0 Å². The third-order valence-corrected chi connectivity index (χ3v) is 11.7. The molecule has 0 fully saturated rings. The predicted molar refractivity (Wildman–Crippen MR) is 119 cm³/mol. The van der Waals surface area contributed by atoms with Gasteiger partial charge in [-0.1, -0.05) is 92.2 Å². The van der Waals surface area contributed by atoms with Gasteiger partial charge in [0.15, 0.2) is 7.14 Å². The molecule has 3 aromatic rings. The highest BCUT2D eigenvalue weighted by molar-refractivity contribution is 7.89. The third-order valence-electron chi connectivity index (χ3n) is 4.68. The molecule has 0 saturated heterocycles. The third kappa shape index (κ3) is 4.73. The first-order chi connectivity index (χ1) is 13.6. The zero-order valence-corrected chi connectivity index (χ0v) is 17.9. The predicted octanol–water partition coefficient (Wildman–Crippen LogP) is 5.38. The van der Waals surface area contributed by atoms with E-state index >= 15 is 0 Å². The summed E-state index contributed by atoms with van der Waals surface area (Å²) in [6.45, 7) is 2.46. The summed E-state index contributed by atoms with van der Waals surface area (Å²) < 4.78 is 34.4. The molecule has 146 valence electrons. The van der Waals surface area contributed by atoms with Crippen LogP contribution in [0.25, 0.3) is 0 Å². The van der Waals surface area contributed by atoms with Gasteiger partial charge >= 0.3 is 0 Å². The van der Waals surface area contributed by atoms with Crippen LogP contribution in [0.15, 0.2) is 91.0 Å². The van der Waals surface area contributed by atoms with Crippen molar-refractivity contribution < 1.29 is 13.7 Å². The van der Waals surface area contributed by atoms with Gasteiger partial charge in [-0.25, -0.2) is 0 Å². The summed E-state index contributed by atoms with van der Waals surface area (Å²) in [6.07, 6.45) is 1.77. The molecule has 28 heavy (non-hydrogen) atoms. The van der Waals surface area contributed by atoms with Crippen molar-refractivity contribution >= 4 is 30.4 Å². The Balaban J connectivity index is 2.08. The van der Waals surface area contributed by atoms with Gasteiger partial charge in [0, 0.05) is 15.9 Å². The average molecular weight is 412 g/mol. The van der Waals surface area contributed by atoms with Gasteiger partial charge in [-0.15, -0.1) is 0 Å². The summed E-state index contributed by atoms with van der Waals surface area (Å²) in [5.74, 6) is -0.0121. The minimum absolute atomic E-state index is 0.0121. The average Bonchev–Trinajstić information content (AvgIpc) is 2.76. The molecule has 0 aromatic heterocycles. The molecule has 3 rings (SSSR count). The lowest BCUT2D eigenvalue weighted by molar-refractivity contribution is 0.315. The first-order valence-electron chi connectivity index (χ1n) is 9.58. The Morgan fingerprint density at radius 2 is 1.11 bits per heavy atom. The second-order valence-corrected chi connectivity index (χ2v) is 12.5. The molecular weight excluding hydrogens is 386 g/mol. The number of rotatable bonds is 9. The minimum atomic E-state index is -3.32. The number of hydrogen-bond acceptors (Lipinski definition) is 3. The van der Waals surface area contributed by atoms with Gasteiger partial charge in [0.05, 0.1) is 12.5 Å². The highest BCUT2D eigenvalue weighted by atomic mass is 31.2. The molecular formula is C23H26O3P2. The van der Waals surface area contributed by atoms with Crippen LogP contribution in [0.4, 0.5) is 0 Å². The van der Waals surface area contributed by atoms with E-state index in [1.165, 1.54) is 0 Å². The Hall–Kier alpha value is -1.92. The van der Waals surface area contributed by atoms with Gasteiger partial charge in [0.25, 0.3) is 0 Å². The standard InChI is InChI=1S/C23H26O3P2/c1-2-3-19-26-28(25,23-17-11-6-12-18-23)20-27(24,21-13-7-4-8-14-21)22-15-9-5-10-16-22/h4-18H,2-3,19-20H2,1H3. The van der Waals surface area contributed by atoms with Crippen LogP contribution in [-0.2, 0) is 13.7 Å². The minimum Gasteiger partial charge on any atom is -0.325 e. The van der Waals surface area contributed by atoms with Crippen molar-refractivity contribution in [3.05, 3.63) is 91.0 Å². The molecule has 1 unspecified atom stereocenters. The summed E-state index contributed by atoms with van der Waals surface area (Å²) in [5.41, 5.74) is 0. The highest BCUT2D eigenvalue weighted by Gasteiger charge is 2.38. The Labute approximate surface area is 167 Å². The smallest absolute Gasteiger partial charge is 0.239 e. The maximum absolute atomic E-state index is 14.4. The second-order valence-electron chi connectivity index (χ2n) is 6.75. The molecule has 0 amide bonds. The maximum atomic E-state index is 14.4. The van der Waals surface area contributed by atoms with Gasteiger partial charge in [-0.05, 0) is 18.6 Å². The van der Waals surface area contributed by atoms with Crippen molar-refractivity contribution in [1.29, 1.82) is 0 Å². The zero-order valence-electron chi connectivity index (χ0n) is 16.1. The van der Waals surface area contributed by atoms with Gasteiger partial charge in [-0.2, -0.15) is 0 Å². The van der Waals surface area contributed by atoms with Crippen molar-refractivity contribution in [2.75, 3.05) is 12.5 Å². The van der Waals surface area contributed by atoms with E-state index in [1.807, 2.05) is 91.0 Å². The monoisotopic (exact) mass is 412 g/mol. The van der Waals surface area contributed by atoms with E-state index in [0.717, 1.165) is 12.8 Å². The highest BCUT2D eigenvalue weighted by Crippen LogP contribution is 2.60. The van der Waals surface area contributed by atoms with E-state index < -0.39 is 14.5 Å². The van der Waals surface area contributed by atoms with Gasteiger partial charge in [0.2, 0.25) is 7.37 Å². The first kappa shape index (κ1) is 20.8. The van der Waals surface area contributed by atoms with Crippen molar-refractivity contribution in [1.82, 2.24) is 0 Å². The van der Waals surface area contributed by atoms with Crippen LogP contribution in [0.3, 0.4) is 0 Å². The zero-order chi connectivity index (χ0) is 19.9. The summed E-state index contributed by atoms with van der Waals surface area (Å²) >= 11 is 0. The second kappa shape index (κ2) is 9.52. The molecule has 0 saturated carbocycles. The van der Waals surface area contributed by atoms with Crippen LogP contribution in [0.5, 0.6) is 0 Å². The van der Waals surface area contributed by atoms with Crippen molar-refractivity contribution in [2.45, 2.75) is 19.8 Å². The molecule has 0 radical (unpaired) electrons. The van der Waals surface area contributed by atoms with E-state index in [0.29, 0.717) is 22.5 Å². The SMILES string of the molecule is CCCCOP(=O)(CP(=O)(c1ccccc1)c1ccccc1)c1ccccc1. The number of hydrogen-bond donors (Lipinski definition) is 0. The van der Waals surface area contributed by atoms with Crippen LogP contribution in [0, 0.1) is 0 Å². The number of unbranched alkanes of at least 4 members (excludes halogenated alkanes) is 1. The fourth-order valence-electron chi connectivity index (χ4n) is 3.12. The van der Waals surface area contributed by atoms with E-state index in [1.54, 1.807) is 0 Å². The number of benzene rings is 3. The molecule has 3 aromatic carbocycles. The maximum Gasteiger partial charge on any atom is 0.239 e. The van der Waals surface area contributed by atoms with Crippen molar-refractivity contribution in [3.63, 3.8) is 0 Å². The van der Waals surface area contributed by atoms with E-state index in [2.05, 4.69) is 6.92 Å².